The fraction of sp³-hybridized carbons (Fsp3) is 0.562. The van der Waals surface area contributed by atoms with Gasteiger partial charge in [-0.1, -0.05) is 13.8 Å². The van der Waals surface area contributed by atoms with Crippen LogP contribution in [0.3, 0.4) is 0 Å². The quantitative estimate of drug-likeness (QED) is 0.909. The van der Waals surface area contributed by atoms with Gasteiger partial charge in [0.15, 0.2) is 0 Å². The van der Waals surface area contributed by atoms with Crippen LogP contribution in [-0.2, 0) is 6.61 Å². The number of hydrogen-bond donors (Lipinski definition) is 1. The maximum atomic E-state index is 9.49. The smallest absolute Gasteiger partial charge is 0.0991 e. The Kier molecular flexibility index (Phi) is 4.99. The van der Waals surface area contributed by atoms with E-state index in [9.17, 15) is 5.11 Å². The summed E-state index contributed by atoms with van der Waals surface area (Å²) in [6.45, 7) is 9.70. The Balaban J connectivity index is 2.05. The number of hydrogen-bond acceptors (Lipinski definition) is 4. The fourth-order valence-corrected chi connectivity index (χ4v) is 2.78. The van der Waals surface area contributed by atoms with Crippen LogP contribution in [0, 0.1) is 17.2 Å². The maximum absolute atomic E-state index is 9.49. The number of anilines is 1. The second-order valence-electron chi connectivity index (χ2n) is 5.79. The molecule has 0 aromatic heterocycles. The summed E-state index contributed by atoms with van der Waals surface area (Å²) in [6, 6.07) is 7.70. The van der Waals surface area contributed by atoms with Crippen LogP contribution in [0.1, 0.15) is 25.0 Å². The molecule has 1 aromatic rings. The molecule has 0 aliphatic carbocycles. The lowest BCUT2D eigenvalue weighted by atomic mass is 10.1. The van der Waals surface area contributed by atoms with Crippen molar-refractivity contribution in [2.24, 2.45) is 5.92 Å². The van der Waals surface area contributed by atoms with Crippen molar-refractivity contribution in [1.29, 1.82) is 5.26 Å². The van der Waals surface area contributed by atoms with Crippen LogP contribution >= 0.6 is 0 Å². The van der Waals surface area contributed by atoms with E-state index in [4.69, 9.17) is 5.26 Å². The second kappa shape index (κ2) is 6.74. The molecule has 0 atom stereocenters. The van der Waals surface area contributed by atoms with Gasteiger partial charge < -0.3 is 10.0 Å². The van der Waals surface area contributed by atoms with Crippen LogP contribution < -0.4 is 4.90 Å². The lowest BCUT2D eigenvalue weighted by molar-refractivity contribution is 0.230. The molecular formula is C16H23N3O. The highest BCUT2D eigenvalue weighted by atomic mass is 16.3. The van der Waals surface area contributed by atoms with E-state index in [2.05, 4.69) is 29.7 Å². The van der Waals surface area contributed by atoms with E-state index in [1.165, 1.54) is 0 Å². The molecule has 1 fully saturated rings. The van der Waals surface area contributed by atoms with Crippen LogP contribution in [0.25, 0.3) is 0 Å². The van der Waals surface area contributed by atoms with E-state index in [1.807, 2.05) is 12.1 Å². The molecule has 0 bridgehead atoms. The summed E-state index contributed by atoms with van der Waals surface area (Å²) in [5, 5.41) is 18.4. The SMILES string of the molecule is CC(C)CN1CCN(c2ccc(C#N)cc2CO)CC1. The minimum atomic E-state index is -0.0168. The summed E-state index contributed by atoms with van der Waals surface area (Å²) in [5.41, 5.74) is 2.52. The molecular weight excluding hydrogens is 250 g/mol. The largest absolute Gasteiger partial charge is 0.392 e. The van der Waals surface area contributed by atoms with Gasteiger partial charge in [0, 0.05) is 44.0 Å². The molecule has 1 aromatic carbocycles. The van der Waals surface area contributed by atoms with Crippen LogP contribution in [0.5, 0.6) is 0 Å². The maximum Gasteiger partial charge on any atom is 0.0991 e. The average molecular weight is 273 g/mol. The average Bonchev–Trinajstić information content (AvgIpc) is 2.47. The zero-order chi connectivity index (χ0) is 14.5. The number of nitriles is 1. The van der Waals surface area contributed by atoms with Gasteiger partial charge in [0.25, 0.3) is 0 Å². The van der Waals surface area contributed by atoms with Gasteiger partial charge in [0.05, 0.1) is 18.2 Å². The predicted octanol–water partition coefficient (Wildman–Crippen LogP) is 1.83. The number of aliphatic hydroxyl groups is 1. The van der Waals surface area contributed by atoms with Gasteiger partial charge in [-0.25, -0.2) is 0 Å². The summed E-state index contributed by atoms with van der Waals surface area (Å²) in [6.07, 6.45) is 0. The number of aliphatic hydroxyl groups excluding tert-OH is 1. The van der Waals surface area contributed by atoms with Crippen molar-refractivity contribution in [3.63, 3.8) is 0 Å². The lowest BCUT2D eigenvalue weighted by Crippen LogP contribution is -2.47. The Hall–Kier alpha value is -1.57. The van der Waals surface area contributed by atoms with Crippen LogP contribution in [0.15, 0.2) is 18.2 Å². The molecule has 1 aliphatic heterocycles. The normalized spacial score (nSPS) is 16.4. The Morgan fingerprint density at radius 2 is 1.95 bits per heavy atom. The Bertz CT molecular complexity index is 485. The molecule has 108 valence electrons. The Labute approximate surface area is 121 Å². The molecule has 2 rings (SSSR count). The first kappa shape index (κ1) is 14.8. The third-order valence-electron chi connectivity index (χ3n) is 3.72. The van der Waals surface area contributed by atoms with Crippen molar-refractivity contribution in [2.75, 3.05) is 37.6 Å². The van der Waals surface area contributed by atoms with Crippen molar-refractivity contribution in [3.8, 4) is 6.07 Å². The zero-order valence-electron chi connectivity index (χ0n) is 12.3. The van der Waals surface area contributed by atoms with Gasteiger partial charge in [-0.05, 0) is 24.1 Å². The molecule has 1 aliphatic rings. The van der Waals surface area contributed by atoms with E-state index >= 15 is 0 Å². The summed E-state index contributed by atoms with van der Waals surface area (Å²) >= 11 is 0. The monoisotopic (exact) mass is 273 g/mol. The first-order chi connectivity index (χ1) is 9.63. The summed E-state index contributed by atoms with van der Waals surface area (Å²) in [4.78, 5) is 4.80. The molecule has 1 N–H and O–H groups in total. The standard InChI is InChI=1S/C16H23N3O/c1-13(2)11-18-5-7-19(8-6-18)16-4-3-14(10-17)9-15(16)12-20/h3-4,9,13,20H,5-8,11-12H2,1-2H3. The molecule has 20 heavy (non-hydrogen) atoms. The Morgan fingerprint density at radius 1 is 1.25 bits per heavy atom. The number of piperazine rings is 1. The molecule has 0 unspecified atom stereocenters. The van der Waals surface area contributed by atoms with E-state index in [-0.39, 0.29) is 6.61 Å². The van der Waals surface area contributed by atoms with Gasteiger partial charge in [-0.3, -0.25) is 4.90 Å². The molecule has 1 heterocycles. The Morgan fingerprint density at radius 3 is 2.50 bits per heavy atom. The summed E-state index contributed by atoms with van der Waals surface area (Å²) in [7, 11) is 0. The molecule has 4 heteroatoms. The van der Waals surface area contributed by atoms with Crippen molar-refractivity contribution in [2.45, 2.75) is 20.5 Å². The van der Waals surface area contributed by atoms with Crippen molar-refractivity contribution in [1.82, 2.24) is 4.90 Å². The van der Waals surface area contributed by atoms with Crippen LogP contribution in [0.4, 0.5) is 5.69 Å². The van der Waals surface area contributed by atoms with Crippen molar-refractivity contribution >= 4 is 5.69 Å². The molecule has 0 radical (unpaired) electrons. The van der Waals surface area contributed by atoms with Gasteiger partial charge in [0.1, 0.15) is 0 Å². The van der Waals surface area contributed by atoms with Gasteiger partial charge in [-0.15, -0.1) is 0 Å². The minimum Gasteiger partial charge on any atom is -0.392 e. The summed E-state index contributed by atoms with van der Waals surface area (Å²) in [5.74, 6) is 0.699. The second-order valence-corrected chi connectivity index (χ2v) is 5.79. The molecule has 0 amide bonds. The molecule has 1 saturated heterocycles. The summed E-state index contributed by atoms with van der Waals surface area (Å²) < 4.78 is 0. The minimum absolute atomic E-state index is 0.0168. The first-order valence-corrected chi connectivity index (χ1v) is 7.25. The highest BCUT2D eigenvalue weighted by molar-refractivity contribution is 5.56. The molecule has 4 nitrogen and oxygen atoms in total. The third kappa shape index (κ3) is 3.50. The van der Waals surface area contributed by atoms with Gasteiger partial charge in [-0.2, -0.15) is 5.26 Å². The van der Waals surface area contributed by atoms with Crippen molar-refractivity contribution in [3.05, 3.63) is 29.3 Å². The first-order valence-electron chi connectivity index (χ1n) is 7.25. The fourth-order valence-electron chi connectivity index (χ4n) is 2.78. The van der Waals surface area contributed by atoms with Crippen molar-refractivity contribution < 1.29 is 5.11 Å². The van der Waals surface area contributed by atoms with Crippen LogP contribution in [0.2, 0.25) is 0 Å². The number of rotatable bonds is 4. The number of benzene rings is 1. The predicted molar refractivity (Wildman–Crippen MR) is 80.6 cm³/mol. The third-order valence-corrected chi connectivity index (χ3v) is 3.72. The van der Waals surface area contributed by atoms with Gasteiger partial charge >= 0.3 is 0 Å². The number of nitrogens with zero attached hydrogens (tertiary/aromatic N) is 3. The van der Waals surface area contributed by atoms with E-state index in [0.717, 1.165) is 44.0 Å². The zero-order valence-corrected chi connectivity index (χ0v) is 12.3. The van der Waals surface area contributed by atoms with E-state index < -0.39 is 0 Å². The van der Waals surface area contributed by atoms with Gasteiger partial charge in [0.2, 0.25) is 0 Å². The molecule has 0 spiro atoms. The highest BCUT2D eigenvalue weighted by Crippen LogP contribution is 2.23. The highest BCUT2D eigenvalue weighted by Gasteiger charge is 2.19. The van der Waals surface area contributed by atoms with E-state index in [1.54, 1.807) is 6.07 Å². The lowest BCUT2D eigenvalue weighted by Gasteiger charge is -2.37. The topological polar surface area (TPSA) is 50.5 Å². The van der Waals surface area contributed by atoms with E-state index in [0.29, 0.717) is 11.5 Å². The molecule has 0 saturated carbocycles. The van der Waals surface area contributed by atoms with Crippen LogP contribution in [-0.4, -0.2) is 42.7 Å².